The lowest BCUT2D eigenvalue weighted by molar-refractivity contribution is -0.384. The fourth-order valence-corrected chi connectivity index (χ4v) is 3.06. The van der Waals surface area contributed by atoms with Crippen molar-refractivity contribution in [2.24, 2.45) is 0 Å². The van der Waals surface area contributed by atoms with Crippen molar-refractivity contribution in [2.75, 3.05) is 6.54 Å². The monoisotopic (exact) mass is 310 g/mol. The number of non-ortho nitro benzene ring substituents is 1. The summed E-state index contributed by atoms with van der Waals surface area (Å²) in [5.41, 5.74) is 2.62. The smallest absolute Gasteiger partial charge is 0.270 e. The van der Waals surface area contributed by atoms with Crippen molar-refractivity contribution in [3.63, 3.8) is 0 Å². The first-order chi connectivity index (χ1) is 11.1. The summed E-state index contributed by atoms with van der Waals surface area (Å²) in [6.45, 7) is 2.71. The number of nitro groups is 1. The van der Waals surface area contributed by atoms with E-state index in [0.29, 0.717) is 12.1 Å². The predicted octanol–water partition coefficient (Wildman–Crippen LogP) is 3.88. The van der Waals surface area contributed by atoms with Gasteiger partial charge in [-0.2, -0.15) is 0 Å². The number of nitrogens with zero attached hydrogens (tertiary/aromatic N) is 2. The van der Waals surface area contributed by atoms with Crippen LogP contribution in [0.2, 0.25) is 0 Å². The first-order valence-corrected chi connectivity index (χ1v) is 7.68. The molecule has 23 heavy (non-hydrogen) atoms. The number of hydrogen-bond acceptors (Lipinski definition) is 3. The van der Waals surface area contributed by atoms with Crippen molar-refractivity contribution in [3.8, 4) is 0 Å². The maximum Gasteiger partial charge on any atom is 0.270 e. The zero-order valence-electron chi connectivity index (χ0n) is 12.9. The normalized spacial score (nSPS) is 17.3. The molecule has 0 aromatic heterocycles. The van der Waals surface area contributed by atoms with Gasteiger partial charge < -0.3 is 4.90 Å². The lowest BCUT2D eigenvalue weighted by Crippen LogP contribution is -2.30. The van der Waals surface area contributed by atoms with Gasteiger partial charge in [0, 0.05) is 24.2 Å². The maximum atomic E-state index is 12.8. The molecular weight excluding hydrogens is 292 g/mol. The van der Waals surface area contributed by atoms with Crippen molar-refractivity contribution in [2.45, 2.75) is 25.8 Å². The van der Waals surface area contributed by atoms with Crippen LogP contribution in [0, 0.1) is 17.0 Å². The summed E-state index contributed by atoms with van der Waals surface area (Å²) in [5.74, 6) is -0.142. The van der Waals surface area contributed by atoms with Crippen LogP contribution in [0.4, 0.5) is 5.69 Å². The number of benzene rings is 2. The molecule has 1 unspecified atom stereocenters. The Labute approximate surface area is 134 Å². The Morgan fingerprint density at radius 3 is 2.65 bits per heavy atom. The second-order valence-corrected chi connectivity index (χ2v) is 5.87. The molecule has 1 aliphatic rings. The molecule has 0 bridgehead atoms. The van der Waals surface area contributed by atoms with E-state index in [1.807, 2.05) is 24.0 Å². The Bertz CT molecular complexity index is 740. The molecular formula is C18H18N2O3. The van der Waals surface area contributed by atoms with E-state index in [2.05, 4.69) is 12.1 Å². The highest BCUT2D eigenvalue weighted by Crippen LogP contribution is 2.33. The minimum absolute atomic E-state index is 0.0439. The van der Waals surface area contributed by atoms with Gasteiger partial charge in [0.25, 0.3) is 11.6 Å². The van der Waals surface area contributed by atoms with E-state index in [0.717, 1.165) is 18.4 Å². The summed E-state index contributed by atoms with van der Waals surface area (Å²) < 4.78 is 0. The third-order valence-corrected chi connectivity index (χ3v) is 4.28. The van der Waals surface area contributed by atoms with Crippen molar-refractivity contribution in [1.29, 1.82) is 0 Å². The van der Waals surface area contributed by atoms with Crippen LogP contribution in [0.5, 0.6) is 0 Å². The lowest BCUT2D eigenvalue weighted by Gasteiger charge is -2.25. The highest BCUT2D eigenvalue weighted by molar-refractivity contribution is 5.95. The van der Waals surface area contributed by atoms with Crippen LogP contribution in [0.25, 0.3) is 0 Å². The van der Waals surface area contributed by atoms with E-state index in [9.17, 15) is 14.9 Å². The molecule has 1 heterocycles. The van der Waals surface area contributed by atoms with Gasteiger partial charge in [-0.25, -0.2) is 0 Å². The number of nitro benzene ring substituents is 1. The molecule has 0 radical (unpaired) electrons. The largest absolute Gasteiger partial charge is 0.332 e. The van der Waals surface area contributed by atoms with Gasteiger partial charge in [-0.05, 0) is 31.4 Å². The van der Waals surface area contributed by atoms with E-state index < -0.39 is 4.92 Å². The van der Waals surface area contributed by atoms with Gasteiger partial charge in [-0.3, -0.25) is 14.9 Å². The first-order valence-electron chi connectivity index (χ1n) is 7.68. The topological polar surface area (TPSA) is 63.5 Å². The van der Waals surface area contributed by atoms with Crippen LogP contribution in [0.15, 0.2) is 48.5 Å². The van der Waals surface area contributed by atoms with Crippen LogP contribution in [0.3, 0.4) is 0 Å². The van der Waals surface area contributed by atoms with E-state index >= 15 is 0 Å². The SMILES string of the molecule is Cc1ccc(C2CCCN2C(=O)c2cccc([N+](=O)[O-])c2)cc1. The number of amides is 1. The molecule has 0 spiro atoms. The van der Waals surface area contributed by atoms with E-state index in [-0.39, 0.29) is 17.6 Å². The van der Waals surface area contributed by atoms with Crippen LogP contribution >= 0.6 is 0 Å². The third kappa shape index (κ3) is 3.08. The molecule has 0 saturated carbocycles. The highest BCUT2D eigenvalue weighted by atomic mass is 16.6. The number of rotatable bonds is 3. The highest BCUT2D eigenvalue weighted by Gasteiger charge is 2.30. The van der Waals surface area contributed by atoms with Gasteiger partial charge in [0.05, 0.1) is 11.0 Å². The molecule has 1 saturated heterocycles. The van der Waals surface area contributed by atoms with E-state index in [1.165, 1.54) is 17.7 Å². The van der Waals surface area contributed by atoms with Crippen molar-refractivity contribution < 1.29 is 9.72 Å². The zero-order valence-corrected chi connectivity index (χ0v) is 12.9. The molecule has 1 amide bonds. The Kier molecular flexibility index (Phi) is 4.10. The summed E-state index contributed by atoms with van der Waals surface area (Å²) in [6, 6.07) is 14.2. The number of likely N-dealkylation sites (tertiary alicyclic amines) is 1. The zero-order chi connectivity index (χ0) is 16.4. The number of hydrogen-bond donors (Lipinski definition) is 0. The Balaban J connectivity index is 1.87. The van der Waals surface area contributed by atoms with Crippen molar-refractivity contribution in [3.05, 3.63) is 75.3 Å². The summed E-state index contributed by atoms with van der Waals surface area (Å²) in [5, 5.41) is 10.9. The Hall–Kier alpha value is -2.69. The number of carbonyl (C=O) groups excluding carboxylic acids is 1. The average Bonchev–Trinajstić information content (AvgIpc) is 3.04. The first kappa shape index (κ1) is 15.2. The maximum absolute atomic E-state index is 12.8. The summed E-state index contributed by atoms with van der Waals surface area (Å²) in [6.07, 6.45) is 1.86. The summed E-state index contributed by atoms with van der Waals surface area (Å²) in [7, 11) is 0. The second-order valence-electron chi connectivity index (χ2n) is 5.87. The van der Waals surface area contributed by atoms with Crippen LogP contribution < -0.4 is 0 Å². The van der Waals surface area contributed by atoms with Crippen LogP contribution in [0.1, 0.15) is 40.4 Å². The molecule has 118 valence electrons. The molecule has 1 aliphatic heterocycles. The lowest BCUT2D eigenvalue weighted by atomic mass is 10.0. The molecule has 3 rings (SSSR count). The van der Waals surface area contributed by atoms with Gasteiger partial charge in [0.2, 0.25) is 0 Å². The van der Waals surface area contributed by atoms with Crippen LogP contribution in [-0.4, -0.2) is 22.3 Å². The van der Waals surface area contributed by atoms with Gasteiger partial charge >= 0.3 is 0 Å². The Morgan fingerprint density at radius 1 is 1.22 bits per heavy atom. The minimum atomic E-state index is -0.474. The summed E-state index contributed by atoms with van der Waals surface area (Å²) in [4.78, 5) is 25.0. The standard InChI is InChI=1S/C18H18N2O3/c1-13-7-9-14(10-8-13)17-6-3-11-19(17)18(21)15-4-2-5-16(12-15)20(22)23/h2,4-5,7-10,12,17H,3,6,11H2,1H3. The van der Waals surface area contributed by atoms with Crippen molar-refractivity contribution in [1.82, 2.24) is 4.90 Å². The molecule has 5 nitrogen and oxygen atoms in total. The van der Waals surface area contributed by atoms with Crippen molar-refractivity contribution >= 4 is 11.6 Å². The van der Waals surface area contributed by atoms with Gasteiger partial charge in [-0.15, -0.1) is 0 Å². The third-order valence-electron chi connectivity index (χ3n) is 4.28. The molecule has 2 aromatic rings. The fourth-order valence-electron chi connectivity index (χ4n) is 3.06. The summed E-state index contributed by atoms with van der Waals surface area (Å²) >= 11 is 0. The molecule has 0 aliphatic carbocycles. The molecule has 5 heteroatoms. The van der Waals surface area contributed by atoms with Gasteiger partial charge in [0.15, 0.2) is 0 Å². The molecule has 1 fully saturated rings. The molecule has 2 aromatic carbocycles. The fraction of sp³-hybridized carbons (Fsp3) is 0.278. The predicted molar refractivity (Wildman–Crippen MR) is 87.3 cm³/mol. The number of carbonyl (C=O) groups is 1. The number of aryl methyl sites for hydroxylation is 1. The van der Waals surface area contributed by atoms with Crippen LogP contribution in [-0.2, 0) is 0 Å². The molecule has 1 atom stereocenters. The second kappa shape index (κ2) is 6.20. The minimum Gasteiger partial charge on any atom is -0.332 e. The quantitative estimate of drug-likeness (QED) is 0.638. The van der Waals surface area contributed by atoms with E-state index in [1.54, 1.807) is 12.1 Å². The van der Waals surface area contributed by atoms with Gasteiger partial charge in [0.1, 0.15) is 0 Å². The van der Waals surface area contributed by atoms with E-state index in [4.69, 9.17) is 0 Å². The van der Waals surface area contributed by atoms with Gasteiger partial charge in [-0.1, -0.05) is 35.9 Å². The average molecular weight is 310 g/mol. The molecule has 0 N–H and O–H groups in total. The Morgan fingerprint density at radius 2 is 1.96 bits per heavy atom.